The maximum absolute atomic E-state index is 13.0. The van der Waals surface area contributed by atoms with Crippen molar-refractivity contribution in [2.45, 2.75) is 44.4 Å². The van der Waals surface area contributed by atoms with Crippen molar-refractivity contribution in [3.8, 4) is 0 Å². The Morgan fingerprint density at radius 2 is 2.07 bits per heavy atom. The predicted molar refractivity (Wildman–Crippen MR) is 118 cm³/mol. The zero-order valence-corrected chi connectivity index (χ0v) is 18.2. The minimum absolute atomic E-state index is 0.0525. The van der Waals surface area contributed by atoms with Gasteiger partial charge in [0.25, 0.3) is 5.56 Å². The molecule has 2 aromatic heterocycles. The summed E-state index contributed by atoms with van der Waals surface area (Å²) in [5, 5.41) is 6.07. The Labute approximate surface area is 177 Å². The summed E-state index contributed by atoms with van der Waals surface area (Å²) < 4.78 is 2.32. The van der Waals surface area contributed by atoms with Gasteiger partial charge < -0.3 is 5.32 Å². The van der Waals surface area contributed by atoms with E-state index in [0.29, 0.717) is 33.4 Å². The van der Waals surface area contributed by atoms with Crippen molar-refractivity contribution >= 4 is 50.8 Å². The van der Waals surface area contributed by atoms with Gasteiger partial charge in [0.2, 0.25) is 5.91 Å². The minimum atomic E-state index is -0.0567. The van der Waals surface area contributed by atoms with Gasteiger partial charge in [0.15, 0.2) is 5.16 Å². The second kappa shape index (κ2) is 9.58. The van der Waals surface area contributed by atoms with E-state index in [1.807, 2.05) is 49.6 Å². The highest BCUT2D eigenvalue weighted by atomic mass is 35.5. The number of thiophene rings is 1. The molecule has 5 nitrogen and oxygen atoms in total. The number of benzene rings is 1. The first kappa shape index (κ1) is 20.9. The molecule has 0 aliphatic heterocycles. The number of hydrogen-bond acceptors (Lipinski definition) is 5. The molecular weight excluding hydrogens is 414 g/mol. The molecule has 1 N–H and O–H groups in total. The number of halogens is 1. The Balaban J connectivity index is 1.81. The van der Waals surface area contributed by atoms with Gasteiger partial charge >= 0.3 is 0 Å². The Bertz CT molecular complexity index is 1010. The van der Waals surface area contributed by atoms with Crippen LogP contribution >= 0.6 is 34.7 Å². The number of amides is 1. The molecule has 3 aromatic rings. The fraction of sp³-hybridized carbons (Fsp3) is 0.350. The number of aryl methyl sites for hydroxylation is 1. The van der Waals surface area contributed by atoms with Gasteiger partial charge in [-0.05, 0) is 48.9 Å². The zero-order valence-electron chi connectivity index (χ0n) is 15.8. The molecule has 1 atom stereocenters. The fourth-order valence-electron chi connectivity index (χ4n) is 2.67. The van der Waals surface area contributed by atoms with E-state index in [1.165, 1.54) is 23.1 Å². The summed E-state index contributed by atoms with van der Waals surface area (Å²) in [5.74, 6) is 0.177. The molecule has 0 bridgehead atoms. The molecule has 0 fully saturated rings. The van der Waals surface area contributed by atoms with Crippen molar-refractivity contribution in [2.24, 2.45) is 0 Å². The van der Waals surface area contributed by atoms with Crippen molar-refractivity contribution in [1.82, 2.24) is 14.9 Å². The Morgan fingerprint density at radius 1 is 1.32 bits per heavy atom. The van der Waals surface area contributed by atoms with Crippen molar-refractivity contribution in [3.05, 3.63) is 56.7 Å². The third-order valence-electron chi connectivity index (χ3n) is 4.42. The largest absolute Gasteiger partial charge is 0.353 e. The predicted octanol–water partition coefficient (Wildman–Crippen LogP) is 4.36. The lowest BCUT2D eigenvalue weighted by atomic mass is 10.1. The molecule has 148 valence electrons. The second-order valence-electron chi connectivity index (χ2n) is 6.53. The topological polar surface area (TPSA) is 64.0 Å². The number of hydrogen-bond donors (Lipinski definition) is 1. The van der Waals surface area contributed by atoms with Crippen LogP contribution in [0.25, 0.3) is 10.2 Å². The van der Waals surface area contributed by atoms with Crippen LogP contribution in [0.15, 0.2) is 45.7 Å². The summed E-state index contributed by atoms with van der Waals surface area (Å²) in [6, 6.07) is 9.57. The number of carbonyl (C=O) groups excluding carboxylic acids is 1. The second-order valence-corrected chi connectivity index (χ2v) is 8.82. The van der Waals surface area contributed by atoms with Crippen molar-refractivity contribution < 1.29 is 4.79 Å². The quantitative estimate of drug-likeness (QED) is 0.421. The maximum atomic E-state index is 13.0. The summed E-state index contributed by atoms with van der Waals surface area (Å²) in [7, 11) is 0. The Morgan fingerprint density at radius 3 is 2.79 bits per heavy atom. The van der Waals surface area contributed by atoms with Gasteiger partial charge in [-0.1, -0.05) is 42.4 Å². The van der Waals surface area contributed by atoms with Gasteiger partial charge in [-0.25, -0.2) is 4.98 Å². The molecule has 0 saturated heterocycles. The SMILES string of the molecule is CC[C@H](C)NC(=O)CSc1nc2ccsc2c(=O)n1CCc1ccc(Cl)cc1. The number of nitrogens with zero attached hydrogens (tertiary/aromatic N) is 2. The van der Waals surface area contributed by atoms with E-state index in [9.17, 15) is 9.59 Å². The third-order valence-corrected chi connectivity index (χ3v) is 6.54. The molecule has 1 aromatic carbocycles. The molecule has 28 heavy (non-hydrogen) atoms. The molecule has 0 aliphatic carbocycles. The lowest BCUT2D eigenvalue weighted by molar-refractivity contribution is -0.119. The summed E-state index contributed by atoms with van der Waals surface area (Å²) >= 11 is 8.64. The average Bonchev–Trinajstić information content (AvgIpc) is 3.16. The molecular formula is C20H22ClN3O2S2. The molecule has 0 radical (unpaired) electrons. The smallest absolute Gasteiger partial charge is 0.272 e. The summed E-state index contributed by atoms with van der Waals surface area (Å²) in [6.45, 7) is 4.50. The van der Waals surface area contributed by atoms with Crippen molar-refractivity contribution in [1.29, 1.82) is 0 Å². The number of thioether (sulfide) groups is 1. The molecule has 0 spiro atoms. The number of nitrogens with one attached hydrogen (secondary N) is 1. The Kier molecular flexibility index (Phi) is 7.15. The monoisotopic (exact) mass is 435 g/mol. The standard InChI is InChI=1S/C20H22ClN3O2S2/c1-3-13(2)22-17(25)12-28-20-23-16-9-11-27-18(16)19(26)24(20)10-8-14-4-6-15(21)7-5-14/h4-7,9,11,13H,3,8,10,12H2,1-2H3,(H,22,25)/t13-/m0/s1. The average molecular weight is 436 g/mol. The zero-order chi connectivity index (χ0) is 20.1. The van der Waals surface area contributed by atoms with Crippen LogP contribution in [0.5, 0.6) is 0 Å². The van der Waals surface area contributed by atoms with Crippen molar-refractivity contribution in [3.63, 3.8) is 0 Å². The molecule has 0 saturated carbocycles. The number of aromatic nitrogens is 2. The number of fused-ring (bicyclic) bond motifs is 1. The van der Waals surface area contributed by atoms with E-state index in [4.69, 9.17) is 11.6 Å². The first-order valence-corrected chi connectivity index (χ1v) is 11.4. The van der Waals surface area contributed by atoms with Crippen LogP contribution in [0.2, 0.25) is 5.02 Å². The van der Waals surface area contributed by atoms with Crippen LogP contribution in [0.1, 0.15) is 25.8 Å². The van der Waals surface area contributed by atoms with Gasteiger partial charge in [-0.2, -0.15) is 0 Å². The van der Waals surface area contributed by atoms with E-state index in [-0.39, 0.29) is 23.3 Å². The van der Waals surface area contributed by atoms with Gasteiger partial charge in [0.05, 0.1) is 11.3 Å². The van der Waals surface area contributed by atoms with Gasteiger partial charge in [-0.15, -0.1) is 11.3 Å². The van der Waals surface area contributed by atoms with Crippen LogP contribution in [-0.4, -0.2) is 27.3 Å². The molecule has 1 amide bonds. The van der Waals surface area contributed by atoms with Crippen LogP contribution in [0.3, 0.4) is 0 Å². The highest BCUT2D eigenvalue weighted by molar-refractivity contribution is 7.99. The van der Waals surface area contributed by atoms with E-state index < -0.39 is 0 Å². The molecule has 0 aliphatic rings. The van der Waals surface area contributed by atoms with Crippen LogP contribution < -0.4 is 10.9 Å². The van der Waals surface area contributed by atoms with Gasteiger partial charge in [0, 0.05) is 17.6 Å². The summed E-state index contributed by atoms with van der Waals surface area (Å²) in [4.78, 5) is 29.7. The van der Waals surface area contributed by atoms with Crippen LogP contribution in [0.4, 0.5) is 0 Å². The summed E-state index contributed by atoms with van der Waals surface area (Å²) in [6.07, 6.45) is 1.56. The fourth-order valence-corrected chi connectivity index (χ4v) is 4.41. The lowest BCUT2D eigenvalue weighted by Crippen LogP contribution is -2.33. The van der Waals surface area contributed by atoms with E-state index in [2.05, 4.69) is 10.3 Å². The van der Waals surface area contributed by atoms with Crippen molar-refractivity contribution in [2.75, 3.05) is 5.75 Å². The van der Waals surface area contributed by atoms with Crippen LogP contribution in [-0.2, 0) is 17.8 Å². The molecule has 3 rings (SSSR count). The normalized spacial score (nSPS) is 12.2. The highest BCUT2D eigenvalue weighted by Crippen LogP contribution is 2.21. The van der Waals surface area contributed by atoms with E-state index in [0.717, 1.165) is 12.0 Å². The summed E-state index contributed by atoms with van der Waals surface area (Å²) in [5.41, 5.74) is 1.72. The van der Waals surface area contributed by atoms with Gasteiger partial charge in [-0.3, -0.25) is 14.2 Å². The first-order valence-electron chi connectivity index (χ1n) is 9.12. The van der Waals surface area contributed by atoms with Gasteiger partial charge in [0.1, 0.15) is 4.70 Å². The lowest BCUT2D eigenvalue weighted by Gasteiger charge is -2.14. The number of carbonyl (C=O) groups is 1. The highest BCUT2D eigenvalue weighted by Gasteiger charge is 2.15. The third kappa shape index (κ3) is 5.16. The number of rotatable bonds is 8. The maximum Gasteiger partial charge on any atom is 0.272 e. The van der Waals surface area contributed by atoms with Crippen LogP contribution in [0, 0.1) is 0 Å². The molecule has 2 heterocycles. The van der Waals surface area contributed by atoms with E-state index >= 15 is 0 Å². The first-order chi connectivity index (χ1) is 13.5. The Hall–Kier alpha value is -1.83. The molecule has 8 heteroatoms. The van der Waals surface area contributed by atoms with E-state index in [1.54, 1.807) is 4.57 Å². The molecule has 0 unspecified atom stereocenters. The minimum Gasteiger partial charge on any atom is -0.353 e.